The van der Waals surface area contributed by atoms with E-state index in [2.05, 4.69) is 20.8 Å². The fourth-order valence-corrected chi connectivity index (χ4v) is 2.63. The molecule has 2 rings (SSSR count). The zero-order valence-electron chi connectivity index (χ0n) is 15.2. The van der Waals surface area contributed by atoms with Crippen LogP contribution in [-0.4, -0.2) is 42.4 Å². The molecule has 1 aliphatic carbocycles. The SMILES string of the molecule is CCNC1=CC(c2nnc(C(C)N)o2)CC(C(=O)NC(C)COC)=C1. The van der Waals surface area contributed by atoms with E-state index in [0.29, 0.717) is 30.4 Å². The predicted molar refractivity (Wildman–Crippen MR) is 93.6 cm³/mol. The molecule has 0 aliphatic heterocycles. The normalized spacial score (nSPS) is 19.6. The summed E-state index contributed by atoms with van der Waals surface area (Å²) in [5, 5.41) is 14.2. The Morgan fingerprint density at radius 1 is 1.48 bits per heavy atom. The van der Waals surface area contributed by atoms with Gasteiger partial charge in [0.25, 0.3) is 0 Å². The Morgan fingerprint density at radius 3 is 2.84 bits per heavy atom. The van der Waals surface area contributed by atoms with Crippen molar-refractivity contribution in [1.82, 2.24) is 20.8 Å². The van der Waals surface area contributed by atoms with Crippen molar-refractivity contribution in [3.8, 4) is 0 Å². The highest BCUT2D eigenvalue weighted by Gasteiger charge is 2.26. The third kappa shape index (κ3) is 5.14. The first kappa shape index (κ1) is 19.1. The highest BCUT2D eigenvalue weighted by atomic mass is 16.5. The van der Waals surface area contributed by atoms with Crippen molar-refractivity contribution in [2.24, 2.45) is 5.73 Å². The quantitative estimate of drug-likeness (QED) is 0.645. The Kier molecular flexibility index (Phi) is 6.72. The van der Waals surface area contributed by atoms with E-state index in [1.165, 1.54) is 0 Å². The lowest BCUT2D eigenvalue weighted by molar-refractivity contribution is -0.118. The summed E-state index contributed by atoms with van der Waals surface area (Å²) >= 11 is 0. The Bertz CT molecular complexity index is 650. The Morgan fingerprint density at radius 2 is 2.24 bits per heavy atom. The monoisotopic (exact) mass is 349 g/mol. The van der Waals surface area contributed by atoms with E-state index in [-0.39, 0.29) is 23.9 Å². The molecule has 1 amide bonds. The molecule has 3 unspecified atom stereocenters. The Balaban J connectivity index is 2.18. The van der Waals surface area contributed by atoms with Gasteiger partial charge >= 0.3 is 0 Å². The first-order valence-corrected chi connectivity index (χ1v) is 8.49. The zero-order chi connectivity index (χ0) is 18.4. The molecule has 8 nitrogen and oxygen atoms in total. The van der Waals surface area contributed by atoms with Crippen molar-refractivity contribution in [2.45, 2.75) is 45.2 Å². The van der Waals surface area contributed by atoms with Crippen molar-refractivity contribution in [3.63, 3.8) is 0 Å². The number of carbonyl (C=O) groups excluding carboxylic acids is 1. The summed E-state index contributed by atoms with van der Waals surface area (Å²) in [6, 6.07) is -0.395. The minimum Gasteiger partial charge on any atom is -0.423 e. The minimum atomic E-state index is -0.324. The smallest absolute Gasteiger partial charge is 0.247 e. The molecule has 3 atom stereocenters. The van der Waals surface area contributed by atoms with Crippen molar-refractivity contribution >= 4 is 5.91 Å². The van der Waals surface area contributed by atoms with Crippen LogP contribution in [-0.2, 0) is 9.53 Å². The summed E-state index contributed by atoms with van der Waals surface area (Å²) in [5.41, 5.74) is 7.30. The molecule has 0 saturated heterocycles. The number of nitrogens with two attached hydrogens (primary N) is 1. The maximum absolute atomic E-state index is 12.5. The van der Waals surface area contributed by atoms with Crippen LogP contribution in [0.25, 0.3) is 0 Å². The van der Waals surface area contributed by atoms with E-state index in [9.17, 15) is 4.79 Å². The molecule has 8 heteroatoms. The predicted octanol–water partition coefficient (Wildman–Crippen LogP) is 1.15. The number of likely N-dealkylation sites (N-methyl/N-ethyl adjacent to an activating group) is 1. The summed E-state index contributed by atoms with van der Waals surface area (Å²) in [6.45, 7) is 6.89. The standard InChI is InChI=1S/C17H27N5O3/c1-5-19-14-7-12(15(23)20-10(2)9-24-4)6-13(8-14)17-22-21-16(25-17)11(3)18/h7-8,10-11,13,19H,5-6,9,18H2,1-4H3,(H,20,23). The summed E-state index contributed by atoms with van der Waals surface area (Å²) in [5.74, 6) is 0.566. The number of amides is 1. The number of rotatable bonds is 8. The van der Waals surface area contributed by atoms with Crippen LogP contribution in [0.1, 0.15) is 50.9 Å². The van der Waals surface area contributed by atoms with Crippen LogP contribution in [0.2, 0.25) is 0 Å². The number of aromatic nitrogens is 2. The number of nitrogens with zero attached hydrogens (tertiary/aromatic N) is 2. The zero-order valence-corrected chi connectivity index (χ0v) is 15.2. The lowest BCUT2D eigenvalue weighted by Gasteiger charge is -2.21. The number of methoxy groups -OCH3 is 1. The average molecular weight is 349 g/mol. The van der Waals surface area contributed by atoms with E-state index < -0.39 is 0 Å². The molecule has 1 heterocycles. The van der Waals surface area contributed by atoms with Gasteiger partial charge in [0.2, 0.25) is 17.7 Å². The molecular formula is C17H27N5O3. The molecule has 4 N–H and O–H groups in total. The lowest BCUT2D eigenvalue weighted by atomic mass is 9.91. The van der Waals surface area contributed by atoms with Gasteiger partial charge in [-0.15, -0.1) is 10.2 Å². The number of carbonyl (C=O) groups is 1. The summed E-state index contributed by atoms with van der Waals surface area (Å²) < 4.78 is 10.7. The molecule has 0 saturated carbocycles. The summed E-state index contributed by atoms with van der Waals surface area (Å²) in [4.78, 5) is 12.5. The van der Waals surface area contributed by atoms with Crippen molar-refractivity contribution in [1.29, 1.82) is 0 Å². The average Bonchev–Trinajstić information content (AvgIpc) is 3.05. The van der Waals surface area contributed by atoms with Gasteiger partial charge in [-0.3, -0.25) is 4.79 Å². The first-order chi connectivity index (χ1) is 11.9. The van der Waals surface area contributed by atoms with Crippen LogP contribution in [0.15, 0.2) is 27.8 Å². The fourth-order valence-electron chi connectivity index (χ4n) is 2.63. The molecule has 1 aromatic heterocycles. The fraction of sp³-hybridized carbons (Fsp3) is 0.588. The largest absolute Gasteiger partial charge is 0.423 e. The molecule has 0 fully saturated rings. The van der Waals surface area contributed by atoms with Crippen molar-refractivity contribution in [3.05, 3.63) is 35.2 Å². The van der Waals surface area contributed by atoms with Crippen LogP contribution in [0.4, 0.5) is 0 Å². The van der Waals surface area contributed by atoms with Crippen LogP contribution in [0.3, 0.4) is 0 Å². The second-order valence-electron chi connectivity index (χ2n) is 6.23. The third-order valence-electron chi connectivity index (χ3n) is 3.78. The topological polar surface area (TPSA) is 115 Å². The highest BCUT2D eigenvalue weighted by molar-refractivity contribution is 5.94. The third-order valence-corrected chi connectivity index (χ3v) is 3.78. The number of hydrogen-bond donors (Lipinski definition) is 3. The molecule has 25 heavy (non-hydrogen) atoms. The van der Waals surface area contributed by atoms with Gasteiger partial charge < -0.3 is 25.5 Å². The van der Waals surface area contributed by atoms with Crippen LogP contribution in [0.5, 0.6) is 0 Å². The van der Waals surface area contributed by atoms with E-state index in [0.717, 1.165) is 12.2 Å². The van der Waals surface area contributed by atoms with Crippen LogP contribution < -0.4 is 16.4 Å². The maximum Gasteiger partial charge on any atom is 0.247 e. The highest BCUT2D eigenvalue weighted by Crippen LogP contribution is 2.30. The molecule has 1 aliphatic rings. The number of hydrogen-bond acceptors (Lipinski definition) is 7. The van der Waals surface area contributed by atoms with Gasteiger partial charge in [-0.2, -0.15) is 0 Å². The van der Waals surface area contributed by atoms with Crippen LogP contribution in [0, 0.1) is 0 Å². The van der Waals surface area contributed by atoms with Gasteiger partial charge in [-0.05, 0) is 39.3 Å². The van der Waals surface area contributed by atoms with Crippen LogP contribution >= 0.6 is 0 Å². The summed E-state index contributed by atoms with van der Waals surface area (Å²) in [7, 11) is 1.61. The molecular weight excluding hydrogens is 322 g/mol. The number of allylic oxidation sites excluding steroid dienone is 2. The minimum absolute atomic E-state index is 0.0709. The van der Waals surface area contributed by atoms with E-state index in [1.807, 2.05) is 26.0 Å². The Labute approximate surface area is 147 Å². The van der Waals surface area contributed by atoms with Gasteiger partial charge in [-0.1, -0.05) is 0 Å². The summed E-state index contributed by atoms with van der Waals surface area (Å²) in [6.07, 6.45) is 4.34. The molecule has 0 aromatic carbocycles. The van der Waals surface area contributed by atoms with Gasteiger partial charge in [-0.25, -0.2) is 0 Å². The molecule has 1 aromatic rings. The van der Waals surface area contributed by atoms with E-state index in [1.54, 1.807) is 14.0 Å². The number of ether oxygens (including phenoxy) is 1. The molecule has 138 valence electrons. The Hall–Kier alpha value is -2.19. The molecule has 0 radical (unpaired) electrons. The maximum atomic E-state index is 12.5. The van der Waals surface area contributed by atoms with Gasteiger partial charge in [0.05, 0.1) is 18.6 Å². The first-order valence-electron chi connectivity index (χ1n) is 8.49. The molecule has 0 spiro atoms. The van der Waals surface area contributed by atoms with Crippen molar-refractivity contribution in [2.75, 3.05) is 20.3 Å². The van der Waals surface area contributed by atoms with E-state index in [4.69, 9.17) is 14.9 Å². The second-order valence-corrected chi connectivity index (χ2v) is 6.23. The van der Waals surface area contributed by atoms with Gasteiger partial charge in [0, 0.05) is 31.0 Å². The second kappa shape index (κ2) is 8.77. The van der Waals surface area contributed by atoms with Gasteiger partial charge in [0.15, 0.2) is 0 Å². The molecule has 0 bridgehead atoms. The van der Waals surface area contributed by atoms with E-state index >= 15 is 0 Å². The van der Waals surface area contributed by atoms with Crippen molar-refractivity contribution < 1.29 is 13.9 Å². The van der Waals surface area contributed by atoms with Gasteiger partial charge in [0.1, 0.15) is 0 Å². The lowest BCUT2D eigenvalue weighted by Crippen LogP contribution is -2.37. The number of nitrogens with one attached hydrogen (secondary N) is 2.